The maximum atomic E-state index is 9.00. The van der Waals surface area contributed by atoms with Crippen LogP contribution in [0.15, 0.2) is 24.3 Å². The second-order valence-electron chi connectivity index (χ2n) is 5.28. The van der Waals surface area contributed by atoms with Crippen molar-refractivity contribution < 1.29 is 4.74 Å². The number of nitriles is 1. The van der Waals surface area contributed by atoms with Crippen molar-refractivity contribution in [3.05, 3.63) is 29.8 Å². The second-order valence-corrected chi connectivity index (χ2v) is 5.28. The molecule has 3 heteroatoms. The fourth-order valence-electron chi connectivity index (χ4n) is 2.97. The molecule has 18 heavy (non-hydrogen) atoms. The second kappa shape index (κ2) is 4.99. The van der Waals surface area contributed by atoms with Gasteiger partial charge in [0.2, 0.25) is 0 Å². The number of benzene rings is 1. The molecular formula is C15H18N2O. The summed E-state index contributed by atoms with van der Waals surface area (Å²) < 4.78 is 5.95. The highest BCUT2D eigenvalue weighted by Gasteiger charge is 2.27. The smallest absolute Gasteiger partial charge is 0.123 e. The zero-order chi connectivity index (χ0) is 12.4. The number of hydrogen-bond acceptors (Lipinski definition) is 3. The SMILES string of the molecule is N#CC1CCCN(CC2Cc3ccccc3O2)C1. The van der Waals surface area contributed by atoms with Crippen LogP contribution in [-0.4, -0.2) is 30.6 Å². The number of fused-ring (bicyclic) bond motifs is 1. The highest BCUT2D eigenvalue weighted by atomic mass is 16.5. The normalized spacial score (nSPS) is 27.3. The van der Waals surface area contributed by atoms with E-state index in [-0.39, 0.29) is 12.0 Å². The Kier molecular flexibility index (Phi) is 3.21. The van der Waals surface area contributed by atoms with Crippen LogP contribution in [0.2, 0.25) is 0 Å². The molecule has 0 radical (unpaired) electrons. The molecule has 3 rings (SSSR count). The molecule has 2 aliphatic rings. The molecule has 94 valence electrons. The van der Waals surface area contributed by atoms with Gasteiger partial charge in [0.15, 0.2) is 0 Å². The zero-order valence-corrected chi connectivity index (χ0v) is 10.5. The van der Waals surface area contributed by atoms with Crippen LogP contribution in [0.5, 0.6) is 5.75 Å². The van der Waals surface area contributed by atoms with Crippen molar-refractivity contribution in [1.29, 1.82) is 5.26 Å². The minimum absolute atomic E-state index is 0.211. The van der Waals surface area contributed by atoms with Crippen molar-refractivity contribution in [2.45, 2.75) is 25.4 Å². The first-order valence-electron chi connectivity index (χ1n) is 6.71. The molecule has 0 N–H and O–H groups in total. The van der Waals surface area contributed by atoms with Gasteiger partial charge in [-0.15, -0.1) is 0 Å². The summed E-state index contributed by atoms with van der Waals surface area (Å²) in [5.41, 5.74) is 1.32. The van der Waals surface area contributed by atoms with Crippen LogP contribution in [0.1, 0.15) is 18.4 Å². The third-order valence-electron chi connectivity index (χ3n) is 3.86. The summed E-state index contributed by atoms with van der Waals surface area (Å²) in [5.74, 6) is 1.25. The summed E-state index contributed by atoms with van der Waals surface area (Å²) in [6.07, 6.45) is 3.46. The molecule has 0 aliphatic carbocycles. The van der Waals surface area contributed by atoms with Crippen LogP contribution in [0, 0.1) is 17.2 Å². The van der Waals surface area contributed by atoms with Gasteiger partial charge in [-0.25, -0.2) is 0 Å². The molecule has 1 aromatic carbocycles. The molecule has 0 saturated carbocycles. The molecule has 0 bridgehead atoms. The zero-order valence-electron chi connectivity index (χ0n) is 10.5. The summed E-state index contributed by atoms with van der Waals surface area (Å²) in [7, 11) is 0. The van der Waals surface area contributed by atoms with E-state index in [0.717, 1.165) is 44.6 Å². The third kappa shape index (κ3) is 2.34. The fourth-order valence-corrected chi connectivity index (χ4v) is 2.97. The van der Waals surface area contributed by atoms with E-state index in [2.05, 4.69) is 23.1 Å². The van der Waals surface area contributed by atoms with Crippen LogP contribution in [0.3, 0.4) is 0 Å². The monoisotopic (exact) mass is 242 g/mol. The number of piperidine rings is 1. The lowest BCUT2D eigenvalue weighted by atomic mass is 9.99. The van der Waals surface area contributed by atoms with Crippen LogP contribution < -0.4 is 4.74 Å². The summed E-state index contributed by atoms with van der Waals surface area (Å²) in [5, 5.41) is 9.00. The van der Waals surface area contributed by atoms with Gasteiger partial charge in [-0.05, 0) is 31.0 Å². The Balaban J connectivity index is 1.58. The molecule has 0 aromatic heterocycles. The van der Waals surface area contributed by atoms with Gasteiger partial charge in [0.05, 0.1) is 12.0 Å². The Labute approximate surface area is 108 Å². The van der Waals surface area contributed by atoms with Crippen LogP contribution in [-0.2, 0) is 6.42 Å². The molecule has 1 aromatic rings. The predicted octanol–water partition coefficient (Wildman–Crippen LogP) is 2.23. The number of hydrogen-bond donors (Lipinski definition) is 0. The van der Waals surface area contributed by atoms with Crippen molar-refractivity contribution in [2.75, 3.05) is 19.6 Å². The van der Waals surface area contributed by atoms with Crippen molar-refractivity contribution in [3.8, 4) is 11.8 Å². The van der Waals surface area contributed by atoms with E-state index in [4.69, 9.17) is 10.00 Å². The summed E-state index contributed by atoms with van der Waals surface area (Å²) >= 11 is 0. The molecule has 3 nitrogen and oxygen atoms in total. The largest absolute Gasteiger partial charge is 0.488 e. The minimum Gasteiger partial charge on any atom is -0.488 e. The lowest BCUT2D eigenvalue weighted by Crippen LogP contribution is -2.41. The average Bonchev–Trinajstić information content (AvgIpc) is 2.81. The van der Waals surface area contributed by atoms with Crippen molar-refractivity contribution >= 4 is 0 Å². The first kappa shape index (κ1) is 11.6. The Morgan fingerprint density at radius 1 is 1.39 bits per heavy atom. The Morgan fingerprint density at radius 3 is 3.11 bits per heavy atom. The van der Waals surface area contributed by atoms with Gasteiger partial charge in [0.25, 0.3) is 0 Å². The summed E-state index contributed by atoms with van der Waals surface area (Å²) in [6, 6.07) is 10.7. The van der Waals surface area contributed by atoms with Crippen molar-refractivity contribution in [2.24, 2.45) is 5.92 Å². The molecule has 0 spiro atoms. The van der Waals surface area contributed by atoms with E-state index in [0.29, 0.717) is 0 Å². The van der Waals surface area contributed by atoms with Gasteiger partial charge in [-0.2, -0.15) is 5.26 Å². The Hall–Kier alpha value is -1.53. The lowest BCUT2D eigenvalue weighted by Gasteiger charge is -2.31. The van der Waals surface area contributed by atoms with Gasteiger partial charge in [0, 0.05) is 19.5 Å². The van der Waals surface area contributed by atoms with Crippen molar-refractivity contribution in [3.63, 3.8) is 0 Å². The number of rotatable bonds is 2. The van der Waals surface area contributed by atoms with Crippen LogP contribution in [0.4, 0.5) is 0 Å². The van der Waals surface area contributed by atoms with Gasteiger partial charge in [0.1, 0.15) is 11.9 Å². The fraction of sp³-hybridized carbons (Fsp3) is 0.533. The van der Waals surface area contributed by atoms with Gasteiger partial charge in [-0.1, -0.05) is 18.2 Å². The summed E-state index contributed by atoms with van der Waals surface area (Å²) in [4.78, 5) is 2.38. The van der Waals surface area contributed by atoms with Gasteiger partial charge >= 0.3 is 0 Å². The van der Waals surface area contributed by atoms with E-state index in [1.54, 1.807) is 0 Å². The third-order valence-corrected chi connectivity index (χ3v) is 3.86. The molecule has 2 unspecified atom stereocenters. The van der Waals surface area contributed by atoms with Crippen molar-refractivity contribution in [1.82, 2.24) is 4.90 Å². The highest BCUT2D eigenvalue weighted by molar-refractivity contribution is 5.37. The van der Waals surface area contributed by atoms with E-state index in [9.17, 15) is 0 Å². The van der Waals surface area contributed by atoms with Crippen LogP contribution in [0.25, 0.3) is 0 Å². The predicted molar refractivity (Wildman–Crippen MR) is 69.3 cm³/mol. The number of ether oxygens (including phenoxy) is 1. The maximum Gasteiger partial charge on any atom is 0.123 e. The molecular weight excluding hydrogens is 224 g/mol. The molecule has 1 fully saturated rings. The average molecular weight is 242 g/mol. The van der Waals surface area contributed by atoms with E-state index in [1.807, 2.05) is 12.1 Å². The van der Waals surface area contributed by atoms with Gasteiger partial charge in [-0.3, -0.25) is 4.90 Å². The number of nitrogens with zero attached hydrogens (tertiary/aromatic N) is 2. The lowest BCUT2D eigenvalue weighted by molar-refractivity contribution is 0.122. The molecule has 2 heterocycles. The van der Waals surface area contributed by atoms with E-state index in [1.165, 1.54) is 5.56 Å². The Morgan fingerprint density at radius 2 is 2.28 bits per heavy atom. The van der Waals surface area contributed by atoms with E-state index >= 15 is 0 Å². The van der Waals surface area contributed by atoms with Gasteiger partial charge < -0.3 is 4.74 Å². The first-order chi connectivity index (χ1) is 8.85. The maximum absolute atomic E-state index is 9.00. The topological polar surface area (TPSA) is 36.3 Å². The van der Waals surface area contributed by atoms with Crippen LogP contribution >= 0.6 is 0 Å². The number of para-hydroxylation sites is 1. The first-order valence-corrected chi connectivity index (χ1v) is 6.71. The molecule has 2 aliphatic heterocycles. The highest BCUT2D eigenvalue weighted by Crippen LogP contribution is 2.29. The number of likely N-dealkylation sites (tertiary alicyclic amines) is 1. The molecule has 2 atom stereocenters. The standard InChI is InChI=1S/C15H18N2O/c16-9-12-4-3-7-17(10-12)11-14-8-13-5-1-2-6-15(13)18-14/h1-2,5-6,12,14H,3-4,7-8,10-11H2. The quantitative estimate of drug-likeness (QED) is 0.798. The van der Waals surface area contributed by atoms with E-state index < -0.39 is 0 Å². The molecule has 1 saturated heterocycles. The minimum atomic E-state index is 0.211. The molecule has 0 amide bonds. The Bertz CT molecular complexity index is 441. The summed E-state index contributed by atoms with van der Waals surface area (Å²) in [6.45, 7) is 2.97.